The van der Waals surface area contributed by atoms with Gasteiger partial charge in [-0.2, -0.15) is 0 Å². The fourth-order valence-corrected chi connectivity index (χ4v) is 7.32. The highest BCUT2D eigenvalue weighted by Crippen LogP contribution is 2.40. The maximum absolute atomic E-state index is 14.7. The molecule has 1 saturated heterocycles. The van der Waals surface area contributed by atoms with Crippen LogP contribution in [0.15, 0.2) is 30.3 Å². The maximum Gasteiger partial charge on any atom is 0.241 e. The monoisotopic (exact) mass is 624 g/mol. The number of aliphatic hydroxyl groups is 1. The molecule has 250 valence electrons. The van der Waals surface area contributed by atoms with E-state index < -0.39 is 29.5 Å². The van der Waals surface area contributed by atoms with E-state index in [4.69, 9.17) is 0 Å². The zero-order chi connectivity index (χ0) is 32.9. The maximum atomic E-state index is 14.7. The molecule has 4 amide bonds. The molecule has 0 bridgehead atoms. The molecule has 1 aromatic rings. The van der Waals surface area contributed by atoms with Crippen LogP contribution in [0, 0.1) is 23.7 Å². The van der Waals surface area contributed by atoms with Crippen molar-refractivity contribution in [1.29, 1.82) is 0 Å². The van der Waals surface area contributed by atoms with Crippen LogP contribution in [-0.2, 0) is 19.2 Å². The molecule has 1 heterocycles. The molecule has 1 aromatic carbocycles. The van der Waals surface area contributed by atoms with Gasteiger partial charge in [-0.1, -0.05) is 75.3 Å². The molecule has 9 nitrogen and oxygen atoms in total. The number of nitrogens with one attached hydrogen (secondary N) is 1. The Kier molecular flexibility index (Phi) is 11.7. The minimum absolute atomic E-state index is 0.0174. The van der Waals surface area contributed by atoms with Crippen LogP contribution in [0.3, 0.4) is 0 Å². The highest BCUT2D eigenvalue weighted by molar-refractivity contribution is 5.89. The van der Waals surface area contributed by atoms with Crippen molar-refractivity contribution in [3.63, 3.8) is 0 Å². The number of nitrogens with zero attached hydrogens (tertiary/aromatic N) is 3. The van der Waals surface area contributed by atoms with Crippen LogP contribution in [0.25, 0.3) is 0 Å². The quantitative estimate of drug-likeness (QED) is 0.316. The molecule has 2 saturated carbocycles. The lowest BCUT2D eigenvalue weighted by molar-refractivity contribution is -0.151. The first kappa shape index (κ1) is 34.9. The molecule has 4 rings (SSSR count). The zero-order valence-electron chi connectivity index (χ0n) is 28.3. The molecule has 0 radical (unpaired) electrons. The molecule has 3 fully saturated rings. The first-order chi connectivity index (χ1) is 21.3. The van der Waals surface area contributed by atoms with Crippen LogP contribution in [-0.4, -0.2) is 88.8 Å². The van der Waals surface area contributed by atoms with Crippen molar-refractivity contribution in [2.75, 3.05) is 27.7 Å². The first-order valence-corrected chi connectivity index (χ1v) is 17.1. The summed E-state index contributed by atoms with van der Waals surface area (Å²) >= 11 is 0. The summed E-state index contributed by atoms with van der Waals surface area (Å²) in [4.78, 5) is 59.6. The third-order valence-corrected chi connectivity index (χ3v) is 10.6. The zero-order valence-corrected chi connectivity index (χ0v) is 28.3. The van der Waals surface area contributed by atoms with Gasteiger partial charge in [0.2, 0.25) is 23.6 Å². The van der Waals surface area contributed by atoms with Crippen molar-refractivity contribution in [3.8, 4) is 0 Å². The smallest absolute Gasteiger partial charge is 0.241 e. The van der Waals surface area contributed by atoms with Crippen LogP contribution in [0.1, 0.15) is 103 Å². The van der Waals surface area contributed by atoms with Crippen LogP contribution in [0.5, 0.6) is 0 Å². The SMILES string of the molecule is C[C@H](NC(=O)C[C@@H](CC1CC1)C(=O)N(CC(=O)N(C)C)[C@@H](CC1CCCCC1)[C@@H](O)[C@@H]1CC(C)(C)N(C)C1=O)c1ccccc1. The summed E-state index contributed by atoms with van der Waals surface area (Å²) in [5, 5.41) is 15.2. The van der Waals surface area contributed by atoms with Crippen LogP contribution < -0.4 is 5.32 Å². The number of benzene rings is 1. The lowest BCUT2D eigenvalue weighted by atomic mass is 9.79. The van der Waals surface area contributed by atoms with E-state index in [9.17, 15) is 24.3 Å². The number of rotatable bonds is 14. The van der Waals surface area contributed by atoms with E-state index in [2.05, 4.69) is 5.32 Å². The van der Waals surface area contributed by atoms with Gasteiger partial charge >= 0.3 is 0 Å². The molecule has 0 unspecified atom stereocenters. The highest BCUT2D eigenvalue weighted by atomic mass is 16.3. The van der Waals surface area contributed by atoms with Gasteiger partial charge in [0, 0.05) is 39.0 Å². The summed E-state index contributed by atoms with van der Waals surface area (Å²) in [6.45, 7) is 5.73. The van der Waals surface area contributed by atoms with Crippen molar-refractivity contribution in [2.24, 2.45) is 23.7 Å². The largest absolute Gasteiger partial charge is 0.390 e. The minimum atomic E-state index is -1.11. The Labute approximate surface area is 270 Å². The van der Waals surface area contributed by atoms with Gasteiger partial charge in [0.1, 0.15) is 6.54 Å². The molecule has 9 heteroatoms. The van der Waals surface area contributed by atoms with Crippen LogP contribution >= 0.6 is 0 Å². The Morgan fingerprint density at radius 1 is 1.00 bits per heavy atom. The second-order valence-electron chi connectivity index (χ2n) is 14.9. The Hall–Kier alpha value is -2.94. The number of aliphatic hydroxyl groups excluding tert-OH is 1. The number of carbonyl (C=O) groups is 4. The molecule has 3 aliphatic rings. The fourth-order valence-electron chi connectivity index (χ4n) is 7.32. The second kappa shape index (κ2) is 15.1. The van der Waals surface area contributed by atoms with E-state index in [1.807, 2.05) is 51.1 Å². The normalized spacial score (nSPS) is 22.8. The third kappa shape index (κ3) is 9.08. The third-order valence-electron chi connectivity index (χ3n) is 10.6. The number of carbonyl (C=O) groups excluding carboxylic acids is 4. The summed E-state index contributed by atoms with van der Waals surface area (Å²) in [5.74, 6) is -1.46. The van der Waals surface area contributed by atoms with E-state index in [-0.39, 0.29) is 42.6 Å². The predicted octanol–water partition coefficient (Wildman–Crippen LogP) is 4.54. The van der Waals surface area contributed by atoms with Crippen molar-refractivity contribution in [2.45, 2.75) is 115 Å². The van der Waals surface area contributed by atoms with Crippen molar-refractivity contribution in [1.82, 2.24) is 20.0 Å². The Morgan fingerprint density at radius 3 is 2.18 bits per heavy atom. The van der Waals surface area contributed by atoms with Crippen LogP contribution in [0.2, 0.25) is 0 Å². The van der Waals surface area contributed by atoms with Gasteiger partial charge in [-0.3, -0.25) is 19.2 Å². The molecule has 2 N–H and O–H groups in total. The van der Waals surface area contributed by atoms with Crippen molar-refractivity contribution >= 4 is 23.6 Å². The summed E-state index contributed by atoms with van der Waals surface area (Å²) in [6, 6.07) is 8.82. The van der Waals surface area contributed by atoms with Crippen molar-refractivity contribution in [3.05, 3.63) is 35.9 Å². The summed E-state index contributed by atoms with van der Waals surface area (Å²) < 4.78 is 0. The second-order valence-corrected chi connectivity index (χ2v) is 14.9. The Bertz CT molecular complexity index is 1180. The van der Waals surface area contributed by atoms with Gasteiger partial charge in [-0.15, -0.1) is 0 Å². The van der Waals surface area contributed by atoms with Gasteiger partial charge in [0.15, 0.2) is 0 Å². The molecule has 45 heavy (non-hydrogen) atoms. The van der Waals surface area contributed by atoms with E-state index in [0.29, 0.717) is 31.1 Å². The molecule has 0 aromatic heterocycles. The molecule has 2 aliphatic carbocycles. The molecular formula is C36H56N4O5. The number of hydrogen-bond acceptors (Lipinski definition) is 5. The van der Waals surface area contributed by atoms with Crippen molar-refractivity contribution < 1.29 is 24.3 Å². The number of hydrogen-bond donors (Lipinski definition) is 2. The first-order valence-electron chi connectivity index (χ1n) is 17.1. The number of likely N-dealkylation sites (tertiary alicyclic amines) is 1. The number of amides is 4. The minimum Gasteiger partial charge on any atom is -0.390 e. The summed E-state index contributed by atoms with van der Waals surface area (Å²) in [7, 11) is 5.09. The average Bonchev–Trinajstić information content (AvgIpc) is 3.81. The van der Waals surface area contributed by atoms with Crippen LogP contribution in [0.4, 0.5) is 0 Å². The fraction of sp³-hybridized carbons (Fsp3) is 0.722. The van der Waals surface area contributed by atoms with Gasteiger partial charge in [0.25, 0.3) is 0 Å². The lowest BCUT2D eigenvalue weighted by Crippen LogP contribution is -2.56. The van der Waals surface area contributed by atoms with E-state index in [1.165, 1.54) is 11.3 Å². The van der Waals surface area contributed by atoms with E-state index >= 15 is 0 Å². The average molecular weight is 625 g/mol. The van der Waals surface area contributed by atoms with Gasteiger partial charge in [0.05, 0.1) is 24.1 Å². The molecule has 1 aliphatic heterocycles. The van der Waals surface area contributed by atoms with Gasteiger partial charge < -0.3 is 25.1 Å². The molecule has 0 spiro atoms. The van der Waals surface area contributed by atoms with Gasteiger partial charge in [-0.05, 0) is 57.4 Å². The Balaban J connectivity index is 1.64. The molecular weight excluding hydrogens is 568 g/mol. The highest BCUT2D eigenvalue weighted by Gasteiger charge is 2.50. The molecule has 5 atom stereocenters. The standard InChI is InChI=1S/C36H56N4O5/c1-24(27-15-11-8-12-16-27)37-31(41)21-28(19-26-17-18-26)34(44)40(23-32(42)38(4)5)30(20-25-13-9-7-10-14-25)33(43)29-22-36(2,3)39(6)35(29)45/h8,11-12,15-16,24-26,28-30,33,43H,7,9-10,13-14,17-23H2,1-6H3,(H,37,41)/t24-,28+,29-,30-,33-/m0/s1. The Morgan fingerprint density at radius 2 is 1.62 bits per heavy atom. The summed E-state index contributed by atoms with van der Waals surface area (Å²) in [6.07, 6.45) is 7.90. The van der Waals surface area contributed by atoms with Gasteiger partial charge in [-0.25, -0.2) is 0 Å². The topological polar surface area (TPSA) is 110 Å². The summed E-state index contributed by atoms with van der Waals surface area (Å²) in [5.41, 5.74) is 0.563. The van der Waals surface area contributed by atoms with E-state index in [1.54, 1.807) is 30.9 Å². The predicted molar refractivity (Wildman–Crippen MR) is 175 cm³/mol. The van der Waals surface area contributed by atoms with E-state index in [0.717, 1.165) is 44.1 Å². The lowest BCUT2D eigenvalue weighted by Gasteiger charge is -2.41. The number of likely N-dealkylation sites (N-methyl/N-ethyl adjacent to an activating group) is 1.